The number of hydrogen-bond acceptors (Lipinski definition) is 8. The summed E-state index contributed by atoms with van der Waals surface area (Å²) in [7, 11) is 5.45. The number of likely N-dealkylation sites (N-methyl/N-ethyl adjacent to an activating group) is 2. The molecular weight excluding hydrogens is 532 g/mol. The highest BCUT2D eigenvalue weighted by atomic mass is 19.4. The van der Waals surface area contributed by atoms with E-state index in [0.717, 1.165) is 12.1 Å². The molecule has 14 heteroatoms. The van der Waals surface area contributed by atoms with Gasteiger partial charge in [-0.25, -0.2) is 9.37 Å². The molecule has 4 rings (SSSR count). The van der Waals surface area contributed by atoms with E-state index in [2.05, 4.69) is 16.5 Å². The largest absolute Gasteiger partial charge is 0.431 e. The van der Waals surface area contributed by atoms with Gasteiger partial charge in [0.2, 0.25) is 11.9 Å². The molecule has 0 saturated carbocycles. The molecule has 0 aliphatic carbocycles. The van der Waals surface area contributed by atoms with E-state index in [1.807, 2.05) is 19.0 Å². The van der Waals surface area contributed by atoms with E-state index in [0.29, 0.717) is 13.1 Å². The number of carbonyl (C=O) groups excluding carboxylic acids is 1. The quantitative estimate of drug-likeness (QED) is 0.266. The van der Waals surface area contributed by atoms with Gasteiger partial charge in [0.15, 0.2) is 0 Å². The van der Waals surface area contributed by atoms with Crippen molar-refractivity contribution in [2.45, 2.75) is 6.18 Å². The number of anilines is 3. The monoisotopic (exact) mass is 562 g/mol. The highest BCUT2D eigenvalue weighted by Crippen LogP contribution is 2.36. The summed E-state index contributed by atoms with van der Waals surface area (Å²) in [5.74, 6) is -1.13. The number of amides is 1. The summed E-state index contributed by atoms with van der Waals surface area (Å²) in [6.07, 6.45) is -3.85. The summed E-state index contributed by atoms with van der Waals surface area (Å²) >= 11 is 0. The van der Waals surface area contributed by atoms with Crippen LogP contribution in [-0.4, -0.2) is 90.7 Å². The smallest absolute Gasteiger partial charge is 0.397 e. The lowest BCUT2D eigenvalue weighted by atomic mass is 10.1. The summed E-state index contributed by atoms with van der Waals surface area (Å²) in [5.41, 5.74) is 1.89. The van der Waals surface area contributed by atoms with E-state index in [-0.39, 0.29) is 65.0 Å². The Morgan fingerprint density at radius 2 is 1.80 bits per heavy atom. The van der Waals surface area contributed by atoms with Crippen molar-refractivity contribution in [2.24, 2.45) is 0 Å². The minimum Gasteiger partial charge on any atom is -0.397 e. The summed E-state index contributed by atoms with van der Waals surface area (Å²) in [6.45, 7) is 5.60. The second-order valence-electron chi connectivity index (χ2n) is 9.70. The lowest BCUT2D eigenvalue weighted by Gasteiger charge is -2.35. The van der Waals surface area contributed by atoms with Crippen molar-refractivity contribution in [3.63, 3.8) is 0 Å². The Kier molecular flexibility index (Phi) is 8.00. The highest BCUT2D eigenvalue weighted by molar-refractivity contribution is 5.91. The maximum absolute atomic E-state index is 14.9. The van der Waals surface area contributed by atoms with E-state index in [9.17, 15) is 27.2 Å². The maximum Gasteiger partial charge on any atom is 0.431 e. The van der Waals surface area contributed by atoms with Gasteiger partial charge in [-0.1, -0.05) is 12.6 Å². The van der Waals surface area contributed by atoms with Gasteiger partial charge >= 0.3 is 6.18 Å². The molecule has 1 aliphatic heterocycles. The molecule has 1 aliphatic rings. The first-order valence-corrected chi connectivity index (χ1v) is 12.4. The number of rotatable bonds is 7. The molecule has 0 atom stereocenters. The molecule has 3 aromatic rings. The molecule has 0 unspecified atom stereocenters. The number of nitrogen functional groups attached to an aromatic ring is 1. The van der Waals surface area contributed by atoms with Crippen molar-refractivity contribution in [1.29, 1.82) is 0 Å². The fraction of sp³-hybridized carbons (Fsp3) is 0.385. The van der Waals surface area contributed by atoms with Crippen LogP contribution in [-0.2, 0) is 11.0 Å². The van der Waals surface area contributed by atoms with Crippen LogP contribution in [0.25, 0.3) is 16.6 Å². The number of para-hydroxylation sites is 1. The standard InChI is InChI=1S/C26H30F4N8O2/c1-5-20(39)36-11-13-37(14-12-36)23-16-15-19(26(28,29)30)38(22-17(27)7-6-8-18(22)31)24(40)21(16)32-25(33-23)35(4)10-9-34(2)3/h5-8,15H,1,9-14,31H2,2-4H3. The molecule has 10 nitrogen and oxygen atoms in total. The van der Waals surface area contributed by atoms with E-state index >= 15 is 0 Å². The molecule has 1 fully saturated rings. The van der Waals surface area contributed by atoms with Crippen LogP contribution in [0.5, 0.6) is 0 Å². The number of carbonyl (C=O) groups is 1. The zero-order chi connectivity index (χ0) is 29.4. The maximum atomic E-state index is 14.9. The van der Waals surface area contributed by atoms with Gasteiger partial charge in [0, 0.05) is 46.3 Å². The van der Waals surface area contributed by atoms with Gasteiger partial charge in [-0.2, -0.15) is 18.2 Å². The van der Waals surface area contributed by atoms with Gasteiger partial charge in [-0.05, 0) is 38.4 Å². The van der Waals surface area contributed by atoms with Crippen LogP contribution < -0.4 is 21.1 Å². The van der Waals surface area contributed by atoms with Crippen LogP contribution in [0.15, 0.2) is 41.7 Å². The Morgan fingerprint density at radius 3 is 2.38 bits per heavy atom. The number of halogens is 4. The third-order valence-corrected chi connectivity index (χ3v) is 6.66. The Morgan fingerprint density at radius 1 is 1.12 bits per heavy atom. The van der Waals surface area contributed by atoms with Crippen LogP contribution in [0.4, 0.5) is 35.0 Å². The predicted octanol–water partition coefficient (Wildman–Crippen LogP) is 2.35. The first-order valence-electron chi connectivity index (χ1n) is 12.4. The lowest BCUT2D eigenvalue weighted by molar-refractivity contribution is -0.142. The molecule has 2 aromatic heterocycles. The summed E-state index contributed by atoms with van der Waals surface area (Å²) < 4.78 is 58.3. The first kappa shape index (κ1) is 28.8. The second-order valence-corrected chi connectivity index (χ2v) is 9.70. The fourth-order valence-corrected chi connectivity index (χ4v) is 4.49. The Balaban J connectivity index is 1.99. The van der Waals surface area contributed by atoms with Gasteiger partial charge in [0.05, 0.1) is 11.1 Å². The molecule has 0 bridgehead atoms. The molecule has 0 spiro atoms. The number of piperazine rings is 1. The van der Waals surface area contributed by atoms with Crippen molar-refractivity contribution in [1.82, 2.24) is 24.3 Å². The van der Waals surface area contributed by atoms with Gasteiger partial charge < -0.3 is 25.3 Å². The SMILES string of the molecule is C=CC(=O)N1CCN(c2nc(N(C)CCN(C)C)nc3c(=O)n(-c4c(N)cccc4F)c(C(F)(F)F)cc23)CC1. The summed E-state index contributed by atoms with van der Waals surface area (Å²) in [5, 5.41) is -0.142. The van der Waals surface area contributed by atoms with Gasteiger partial charge in [0.1, 0.15) is 28.5 Å². The van der Waals surface area contributed by atoms with Gasteiger partial charge in [-0.15, -0.1) is 0 Å². The number of alkyl halides is 3. The first-order chi connectivity index (χ1) is 18.8. The normalized spacial score (nSPS) is 14.2. The highest BCUT2D eigenvalue weighted by Gasteiger charge is 2.38. The molecule has 1 aromatic carbocycles. The summed E-state index contributed by atoms with van der Waals surface area (Å²) in [4.78, 5) is 41.7. The fourth-order valence-electron chi connectivity index (χ4n) is 4.49. The molecule has 214 valence electrons. The van der Waals surface area contributed by atoms with Crippen LogP contribution in [0.2, 0.25) is 0 Å². The van der Waals surface area contributed by atoms with E-state index < -0.39 is 28.9 Å². The van der Waals surface area contributed by atoms with Crippen LogP contribution in [0.1, 0.15) is 5.69 Å². The third-order valence-electron chi connectivity index (χ3n) is 6.66. The summed E-state index contributed by atoms with van der Waals surface area (Å²) in [6, 6.07) is 4.13. The molecule has 2 N–H and O–H groups in total. The van der Waals surface area contributed by atoms with E-state index in [4.69, 9.17) is 5.73 Å². The third kappa shape index (κ3) is 5.57. The average Bonchev–Trinajstić information content (AvgIpc) is 2.91. The van der Waals surface area contributed by atoms with Crippen LogP contribution >= 0.6 is 0 Å². The minimum atomic E-state index is -5.05. The zero-order valence-electron chi connectivity index (χ0n) is 22.4. The van der Waals surface area contributed by atoms with E-state index in [1.165, 1.54) is 18.2 Å². The Bertz CT molecular complexity index is 1480. The Labute approximate surface area is 227 Å². The van der Waals surface area contributed by atoms with E-state index in [1.54, 1.807) is 21.7 Å². The Hall–Kier alpha value is -4.20. The van der Waals surface area contributed by atoms with Gasteiger partial charge in [0.25, 0.3) is 5.56 Å². The predicted molar refractivity (Wildman–Crippen MR) is 145 cm³/mol. The molecular formula is C26H30F4N8O2. The van der Waals surface area contributed by atoms with Crippen molar-refractivity contribution >= 4 is 34.3 Å². The second kappa shape index (κ2) is 11.1. The van der Waals surface area contributed by atoms with Crippen molar-refractivity contribution in [3.05, 3.63) is 58.8 Å². The number of nitrogens with two attached hydrogens (primary N) is 1. The topological polar surface area (TPSA) is 104 Å². The van der Waals surface area contributed by atoms with Crippen LogP contribution in [0, 0.1) is 5.82 Å². The molecule has 1 saturated heterocycles. The number of benzene rings is 1. The molecule has 40 heavy (non-hydrogen) atoms. The van der Waals surface area contributed by atoms with Crippen molar-refractivity contribution < 1.29 is 22.4 Å². The average molecular weight is 563 g/mol. The zero-order valence-corrected chi connectivity index (χ0v) is 22.4. The molecule has 3 heterocycles. The molecule has 0 radical (unpaired) electrons. The molecule has 1 amide bonds. The number of nitrogens with zero attached hydrogens (tertiary/aromatic N) is 7. The number of fused-ring (bicyclic) bond motifs is 1. The number of aromatic nitrogens is 3. The van der Waals surface area contributed by atoms with Crippen molar-refractivity contribution in [3.8, 4) is 5.69 Å². The van der Waals surface area contributed by atoms with Gasteiger partial charge in [-0.3, -0.25) is 14.2 Å². The lowest BCUT2D eigenvalue weighted by Crippen LogP contribution is -2.48. The number of pyridine rings is 1. The van der Waals surface area contributed by atoms with Crippen molar-refractivity contribution in [2.75, 3.05) is 75.9 Å². The minimum absolute atomic E-state index is 0.110. The number of hydrogen-bond donors (Lipinski definition) is 1. The van der Waals surface area contributed by atoms with Crippen LogP contribution in [0.3, 0.4) is 0 Å².